The molecule has 1 amide bonds. The second kappa shape index (κ2) is 6.83. The summed E-state index contributed by atoms with van der Waals surface area (Å²) in [6, 6.07) is 8.47. The van der Waals surface area contributed by atoms with E-state index in [9.17, 15) is 4.79 Å². The number of aryl methyl sites for hydroxylation is 1. The van der Waals surface area contributed by atoms with Gasteiger partial charge in [0.15, 0.2) is 5.82 Å². The van der Waals surface area contributed by atoms with Crippen molar-refractivity contribution < 1.29 is 9.32 Å². The predicted octanol–water partition coefficient (Wildman–Crippen LogP) is 2.69. The van der Waals surface area contributed by atoms with Crippen molar-refractivity contribution in [3.05, 3.63) is 47.1 Å². The number of nitrogens with zero attached hydrogens (tertiary/aromatic N) is 3. The Morgan fingerprint density at radius 1 is 1.27 bits per heavy atom. The van der Waals surface area contributed by atoms with Crippen molar-refractivity contribution in [3.63, 3.8) is 0 Å². The molecule has 2 aliphatic rings. The summed E-state index contributed by atoms with van der Waals surface area (Å²) >= 11 is 0. The molecule has 0 bridgehead atoms. The van der Waals surface area contributed by atoms with Crippen molar-refractivity contribution in [2.45, 2.75) is 63.5 Å². The third-order valence-electron chi connectivity index (χ3n) is 5.99. The highest BCUT2D eigenvalue weighted by Crippen LogP contribution is 2.45. The third-order valence-corrected chi connectivity index (χ3v) is 5.99. The molecule has 1 aromatic heterocycles. The summed E-state index contributed by atoms with van der Waals surface area (Å²) in [6.07, 6.45) is 6.22. The Morgan fingerprint density at radius 2 is 2.00 bits per heavy atom. The summed E-state index contributed by atoms with van der Waals surface area (Å²) in [5.74, 6) is 1.09. The van der Waals surface area contributed by atoms with E-state index in [1.807, 2.05) is 4.90 Å². The van der Waals surface area contributed by atoms with Gasteiger partial charge in [0.2, 0.25) is 11.8 Å². The van der Waals surface area contributed by atoms with Crippen LogP contribution in [0, 0.1) is 6.92 Å². The molecule has 0 unspecified atom stereocenters. The van der Waals surface area contributed by atoms with Crippen LogP contribution in [0.2, 0.25) is 0 Å². The molecular weight excluding hydrogens is 328 g/mol. The zero-order chi connectivity index (χ0) is 18.1. The van der Waals surface area contributed by atoms with Gasteiger partial charge in [-0.2, -0.15) is 4.98 Å². The molecule has 26 heavy (non-hydrogen) atoms. The van der Waals surface area contributed by atoms with Gasteiger partial charge in [-0.3, -0.25) is 9.69 Å². The van der Waals surface area contributed by atoms with Crippen LogP contribution in [0.15, 0.2) is 28.8 Å². The molecule has 1 saturated heterocycles. The number of likely N-dealkylation sites (tertiary alicyclic amines) is 1. The van der Waals surface area contributed by atoms with Crippen LogP contribution in [-0.2, 0) is 16.8 Å². The van der Waals surface area contributed by atoms with Crippen LogP contribution in [-0.4, -0.2) is 33.5 Å². The molecule has 6 heteroatoms. The lowest BCUT2D eigenvalue weighted by molar-refractivity contribution is -0.122. The molecule has 2 aromatic rings. The molecule has 1 atom stereocenters. The fourth-order valence-electron chi connectivity index (χ4n) is 4.52. The van der Waals surface area contributed by atoms with Gasteiger partial charge in [-0.25, -0.2) is 0 Å². The lowest BCUT2D eigenvalue weighted by Gasteiger charge is -2.26. The number of primary amides is 1. The average molecular weight is 354 g/mol. The van der Waals surface area contributed by atoms with Gasteiger partial charge in [-0.1, -0.05) is 47.8 Å². The van der Waals surface area contributed by atoms with E-state index in [0.29, 0.717) is 12.4 Å². The molecular formula is C20H26N4O2. The maximum Gasteiger partial charge on any atom is 0.240 e. The van der Waals surface area contributed by atoms with Crippen LogP contribution in [0.4, 0.5) is 0 Å². The highest BCUT2D eigenvalue weighted by atomic mass is 16.5. The number of amides is 1. The van der Waals surface area contributed by atoms with Crippen LogP contribution >= 0.6 is 0 Å². The second-order valence-corrected chi connectivity index (χ2v) is 7.70. The molecule has 2 N–H and O–H groups in total. The standard InChI is InChI=1S/C20H26N4O2/c1-14-6-8-15(9-7-14)20(10-2-3-11-20)19-22-17(26-23-19)13-24-12-4-5-16(24)18(21)25/h6-9,16H,2-5,10-13H2,1H3,(H2,21,25)/t16-/m0/s1. The van der Waals surface area contributed by atoms with Gasteiger partial charge in [0.1, 0.15) is 0 Å². The van der Waals surface area contributed by atoms with E-state index in [-0.39, 0.29) is 17.4 Å². The lowest BCUT2D eigenvalue weighted by Crippen LogP contribution is -2.39. The van der Waals surface area contributed by atoms with Crippen LogP contribution in [0.5, 0.6) is 0 Å². The summed E-state index contributed by atoms with van der Waals surface area (Å²) in [4.78, 5) is 18.4. The molecule has 1 aromatic carbocycles. The smallest absolute Gasteiger partial charge is 0.240 e. The van der Waals surface area contributed by atoms with Crippen LogP contribution in [0.3, 0.4) is 0 Å². The predicted molar refractivity (Wildman–Crippen MR) is 97.4 cm³/mol. The molecule has 0 spiro atoms. The number of nitrogens with two attached hydrogens (primary N) is 1. The van der Waals surface area contributed by atoms with E-state index in [4.69, 9.17) is 15.2 Å². The first-order chi connectivity index (χ1) is 12.6. The van der Waals surface area contributed by atoms with Crippen molar-refractivity contribution >= 4 is 5.91 Å². The summed E-state index contributed by atoms with van der Waals surface area (Å²) in [7, 11) is 0. The normalized spacial score (nSPS) is 22.7. The number of hydrogen-bond acceptors (Lipinski definition) is 5. The minimum absolute atomic E-state index is 0.149. The molecule has 138 valence electrons. The summed E-state index contributed by atoms with van der Waals surface area (Å²) < 4.78 is 5.58. The van der Waals surface area contributed by atoms with E-state index >= 15 is 0 Å². The molecule has 1 saturated carbocycles. The minimum Gasteiger partial charge on any atom is -0.368 e. The highest BCUT2D eigenvalue weighted by Gasteiger charge is 2.42. The Balaban J connectivity index is 1.59. The second-order valence-electron chi connectivity index (χ2n) is 7.70. The topological polar surface area (TPSA) is 85.3 Å². The van der Waals surface area contributed by atoms with Crippen molar-refractivity contribution in [1.29, 1.82) is 0 Å². The van der Waals surface area contributed by atoms with E-state index in [2.05, 4.69) is 36.3 Å². The number of benzene rings is 1. The number of carbonyl (C=O) groups excluding carboxylic acids is 1. The minimum atomic E-state index is -0.269. The molecule has 1 aliphatic carbocycles. The van der Waals surface area contributed by atoms with Gasteiger partial charge in [0, 0.05) is 0 Å². The van der Waals surface area contributed by atoms with Gasteiger partial charge in [-0.05, 0) is 44.7 Å². The lowest BCUT2D eigenvalue weighted by atomic mass is 9.78. The Labute approximate surface area is 153 Å². The Kier molecular flexibility index (Phi) is 4.53. The molecule has 0 radical (unpaired) electrons. The first-order valence-corrected chi connectivity index (χ1v) is 9.52. The van der Waals surface area contributed by atoms with Gasteiger partial charge < -0.3 is 10.3 Å². The molecule has 1 aliphatic heterocycles. The average Bonchev–Trinajstić information content (AvgIpc) is 3.36. The van der Waals surface area contributed by atoms with Crippen molar-refractivity contribution in [3.8, 4) is 0 Å². The SMILES string of the molecule is Cc1ccc(C2(c3noc(CN4CCC[C@H]4C(N)=O)n3)CCCC2)cc1. The first-order valence-electron chi connectivity index (χ1n) is 9.52. The fraction of sp³-hybridized carbons (Fsp3) is 0.550. The van der Waals surface area contributed by atoms with Crippen LogP contribution in [0.25, 0.3) is 0 Å². The quantitative estimate of drug-likeness (QED) is 0.892. The zero-order valence-corrected chi connectivity index (χ0v) is 15.3. The Morgan fingerprint density at radius 3 is 2.69 bits per heavy atom. The van der Waals surface area contributed by atoms with Gasteiger partial charge in [0.25, 0.3) is 0 Å². The Bertz CT molecular complexity index is 777. The van der Waals surface area contributed by atoms with Crippen molar-refractivity contribution in [2.75, 3.05) is 6.54 Å². The maximum absolute atomic E-state index is 11.6. The number of hydrogen-bond donors (Lipinski definition) is 1. The number of rotatable bonds is 5. The third kappa shape index (κ3) is 3.03. The summed E-state index contributed by atoms with van der Waals surface area (Å²) in [5.41, 5.74) is 7.88. The monoisotopic (exact) mass is 354 g/mol. The van der Waals surface area contributed by atoms with Crippen LogP contribution < -0.4 is 5.73 Å². The largest absolute Gasteiger partial charge is 0.368 e. The highest BCUT2D eigenvalue weighted by molar-refractivity contribution is 5.80. The van der Waals surface area contributed by atoms with Crippen molar-refractivity contribution in [1.82, 2.24) is 15.0 Å². The maximum atomic E-state index is 11.6. The number of aromatic nitrogens is 2. The molecule has 2 fully saturated rings. The van der Waals surface area contributed by atoms with Crippen LogP contribution in [0.1, 0.15) is 61.4 Å². The summed E-state index contributed by atoms with van der Waals surface area (Å²) in [6.45, 7) is 3.43. The van der Waals surface area contributed by atoms with Crippen molar-refractivity contribution in [2.24, 2.45) is 5.73 Å². The Hall–Kier alpha value is -2.21. The van der Waals surface area contributed by atoms with E-state index < -0.39 is 0 Å². The van der Waals surface area contributed by atoms with Gasteiger partial charge >= 0.3 is 0 Å². The zero-order valence-electron chi connectivity index (χ0n) is 15.3. The van der Waals surface area contributed by atoms with Gasteiger partial charge in [0.05, 0.1) is 18.0 Å². The fourth-order valence-corrected chi connectivity index (χ4v) is 4.52. The van der Waals surface area contributed by atoms with E-state index in [0.717, 1.165) is 38.1 Å². The van der Waals surface area contributed by atoms with Gasteiger partial charge in [-0.15, -0.1) is 0 Å². The number of carbonyl (C=O) groups is 1. The molecule has 6 nitrogen and oxygen atoms in total. The first kappa shape index (κ1) is 17.2. The van der Waals surface area contributed by atoms with E-state index in [1.165, 1.54) is 24.0 Å². The summed E-state index contributed by atoms with van der Waals surface area (Å²) in [5, 5.41) is 4.35. The molecule has 4 rings (SSSR count). The molecule has 2 heterocycles. The van der Waals surface area contributed by atoms with E-state index in [1.54, 1.807) is 0 Å².